The summed E-state index contributed by atoms with van der Waals surface area (Å²) in [7, 11) is 0. The van der Waals surface area contributed by atoms with Crippen molar-refractivity contribution in [3.63, 3.8) is 0 Å². The summed E-state index contributed by atoms with van der Waals surface area (Å²) in [5.41, 5.74) is 3.14. The van der Waals surface area contributed by atoms with Gasteiger partial charge in [-0.1, -0.05) is 24.3 Å². The highest BCUT2D eigenvalue weighted by atomic mass is 32.1. The largest absolute Gasteiger partial charge is 0.395 e. The number of aliphatic hydroxyl groups is 1. The SMILES string of the molecule is Cc1sc(NC(=O)c2ccccc2)c(C(c2cccs2)N2CCN(CCO)CC2)c1C. The Kier molecular flexibility index (Phi) is 7.20. The molecule has 0 spiro atoms. The van der Waals surface area contributed by atoms with Gasteiger partial charge in [0.2, 0.25) is 0 Å². The van der Waals surface area contributed by atoms with Crippen LogP contribution in [0.2, 0.25) is 0 Å². The number of aliphatic hydroxyl groups excluding tert-OH is 1. The van der Waals surface area contributed by atoms with Crippen LogP contribution in [0, 0.1) is 13.8 Å². The molecule has 1 atom stereocenters. The van der Waals surface area contributed by atoms with E-state index >= 15 is 0 Å². The Morgan fingerprint density at radius 1 is 1.10 bits per heavy atom. The van der Waals surface area contributed by atoms with Crippen molar-refractivity contribution < 1.29 is 9.90 Å². The van der Waals surface area contributed by atoms with E-state index in [1.807, 2.05) is 30.3 Å². The quantitative estimate of drug-likeness (QED) is 0.555. The van der Waals surface area contributed by atoms with Crippen molar-refractivity contribution in [2.24, 2.45) is 0 Å². The zero-order valence-electron chi connectivity index (χ0n) is 18.0. The van der Waals surface area contributed by atoms with E-state index in [1.54, 1.807) is 22.7 Å². The van der Waals surface area contributed by atoms with Gasteiger partial charge < -0.3 is 10.4 Å². The average Bonchev–Trinajstić information content (AvgIpc) is 3.41. The molecule has 4 rings (SSSR count). The molecular weight excluding hydrogens is 426 g/mol. The number of rotatable bonds is 7. The maximum atomic E-state index is 12.9. The van der Waals surface area contributed by atoms with Gasteiger partial charge in [0.05, 0.1) is 12.6 Å². The van der Waals surface area contributed by atoms with Gasteiger partial charge in [-0.3, -0.25) is 14.6 Å². The smallest absolute Gasteiger partial charge is 0.256 e. The molecule has 1 fully saturated rings. The van der Waals surface area contributed by atoms with E-state index in [0.29, 0.717) is 5.56 Å². The fourth-order valence-corrected chi connectivity index (χ4v) is 6.12. The topological polar surface area (TPSA) is 55.8 Å². The summed E-state index contributed by atoms with van der Waals surface area (Å²) in [6.45, 7) is 8.98. The Hall–Kier alpha value is -2.03. The van der Waals surface area contributed by atoms with Crippen molar-refractivity contribution >= 4 is 33.6 Å². The number of anilines is 1. The zero-order valence-corrected chi connectivity index (χ0v) is 19.6. The fourth-order valence-electron chi connectivity index (χ4n) is 4.17. The Morgan fingerprint density at radius 2 is 1.84 bits per heavy atom. The molecule has 2 N–H and O–H groups in total. The van der Waals surface area contributed by atoms with Gasteiger partial charge in [0, 0.05) is 53.6 Å². The number of aryl methyl sites for hydroxylation is 1. The molecule has 2 aromatic heterocycles. The number of nitrogens with one attached hydrogen (secondary N) is 1. The first-order chi connectivity index (χ1) is 15.1. The lowest BCUT2D eigenvalue weighted by Gasteiger charge is -2.39. The Balaban J connectivity index is 1.66. The molecule has 1 aromatic carbocycles. The molecule has 31 heavy (non-hydrogen) atoms. The van der Waals surface area contributed by atoms with Crippen molar-refractivity contribution in [2.45, 2.75) is 19.9 Å². The molecule has 1 saturated heterocycles. The molecule has 0 aliphatic carbocycles. The molecular formula is C24H29N3O2S2. The molecule has 1 amide bonds. The highest BCUT2D eigenvalue weighted by Gasteiger charge is 2.32. The minimum Gasteiger partial charge on any atom is -0.395 e. The molecule has 164 valence electrons. The van der Waals surface area contributed by atoms with Gasteiger partial charge in [0.1, 0.15) is 5.00 Å². The number of carbonyl (C=O) groups excluding carboxylic acids is 1. The number of nitrogens with zero attached hydrogens (tertiary/aromatic N) is 2. The Morgan fingerprint density at radius 3 is 2.48 bits per heavy atom. The standard InChI is InChI=1S/C24H29N3O2S2/c1-17-18(2)31-24(25-23(29)19-7-4-3-5-8-19)21(17)22(20-9-6-16-30-20)27-12-10-26(11-13-27)14-15-28/h3-9,16,22,28H,10-15H2,1-2H3,(H,25,29). The first-order valence-corrected chi connectivity index (χ1v) is 12.3. The van der Waals surface area contributed by atoms with Crippen molar-refractivity contribution in [1.29, 1.82) is 0 Å². The summed E-state index contributed by atoms with van der Waals surface area (Å²) in [6.07, 6.45) is 0. The third-order valence-corrected chi connectivity index (χ3v) is 8.03. The lowest BCUT2D eigenvalue weighted by atomic mass is 9.99. The summed E-state index contributed by atoms with van der Waals surface area (Å²) in [5, 5.41) is 15.6. The van der Waals surface area contributed by atoms with E-state index in [2.05, 4.69) is 46.5 Å². The van der Waals surface area contributed by atoms with Crippen LogP contribution in [0.4, 0.5) is 5.00 Å². The van der Waals surface area contributed by atoms with Crippen LogP contribution in [-0.2, 0) is 0 Å². The molecule has 3 heterocycles. The number of thiophene rings is 2. The minimum absolute atomic E-state index is 0.0687. The highest BCUT2D eigenvalue weighted by molar-refractivity contribution is 7.16. The first-order valence-electron chi connectivity index (χ1n) is 10.7. The maximum Gasteiger partial charge on any atom is 0.256 e. The molecule has 1 aliphatic rings. The lowest BCUT2D eigenvalue weighted by Crippen LogP contribution is -2.48. The zero-order chi connectivity index (χ0) is 21.8. The van der Waals surface area contributed by atoms with Crippen LogP contribution >= 0.6 is 22.7 Å². The number of β-amino-alcohol motifs (C(OH)–C–C–N with tert-alkyl or cyclic N) is 1. The predicted molar refractivity (Wildman–Crippen MR) is 129 cm³/mol. The predicted octanol–water partition coefficient (Wildman–Crippen LogP) is 4.38. The average molecular weight is 456 g/mol. The number of carbonyl (C=O) groups is 1. The van der Waals surface area contributed by atoms with Crippen LogP contribution in [0.15, 0.2) is 47.8 Å². The van der Waals surface area contributed by atoms with E-state index in [9.17, 15) is 9.90 Å². The van der Waals surface area contributed by atoms with E-state index in [-0.39, 0.29) is 18.6 Å². The lowest BCUT2D eigenvalue weighted by molar-refractivity contribution is 0.0953. The molecule has 3 aromatic rings. The number of hydrogen-bond donors (Lipinski definition) is 2. The van der Waals surface area contributed by atoms with Gasteiger partial charge in [0.25, 0.3) is 5.91 Å². The van der Waals surface area contributed by atoms with E-state index in [0.717, 1.165) is 37.7 Å². The third kappa shape index (κ3) is 4.91. The fraction of sp³-hybridized carbons (Fsp3) is 0.375. The second kappa shape index (κ2) is 10.1. The van der Waals surface area contributed by atoms with E-state index in [4.69, 9.17) is 0 Å². The van der Waals surface area contributed by atoms with Crippen LogP contribution in [0.1, 0.15) is 37.3 Å². The van der Waals surface area contributed by atoms with Crippen LogP contribution in [0.3, 0.4) is 0 Å². The number of hydrogen-bond acceptors (Lipinski definition) is 6. The summed E-state index contributed by atoms with van der Waals surface area (Å²) in [4.78, 5) is 20.3. The summed E-state index contributed by atoms with van der Waals surface area (Å²) in [6, 6.07) is 13.8. The Labute approximate surface area is 191 Å². The maximum absolute atomic E-state index is 12.9. The summed E-state index contributed by atoms with van der Waals surface area (Å²) in [5.74, 6) is -0.0687. The molecule has 7 heteroatoms. The third-order valence-electron chi connectivity index (χ3n) is 5.97. The molecule has 1 aliphatic heterocycles. The van der Waals surface area contributed by atoms with Gasteiger partial charge >= 0.3 is 0 Å². The van der Waals surface area contributed by atoms with Crippen molar-refractivity contribution in [3.8, 4) is 0 Å². The van der Waals surface area contributed by atoms with Crippen LogP contribution in [0.25, 0.3) is 0 Å². The normalized spacial score (nSPS) is 16.4. The van der Waals surface area contributed by atoms with Gasteiger partial charge in [0.15, 0.2) is 0 Å². The number of benzene rings is 1. The van der Waals surface area contributed by atoms with Crippen LogP contribution in [0.5, 0.6) is 0 Å². The van der Waals surface area contributed by atoms with Gasteiger partial charge in [-0.05, 0) is 43.0 Å². The molecule has 0 saturated carbocycles. The van der Waals surface area contributed by atoms with Crippen molar-refractivity contribution in [2.75, 3.05) is 44.6 Å². The van der Waals surface area contributed by atoms with Gasteiger partial charge in [-0.2, -0.15) is 0 Å². The van der Waals surface area contributed by atoms with Crippen LogP contribution < -0.4 is 5.32 Å². The highest BCUT2D eigenvalue weighted by Crippen LogP contribution is 2.43. The minimum atomic E-state index is -0.0687. The van der Waals surface area contributed by atoms with Gasteiger partial charge in [-0.25, -0.2) is 0 Å². The van der Waals surface area contributed by atoms with Crippen LogP contribution in [-0.4, -0.2) is 60.1 Å². The summed E-state index contributed by atoms with van der Waals surface area (Å²) >= 11 is 3.43. The number of amides is 1. The first kappa shape index (κ1) is 22.2. The molecule has 5 nitrogen and oxygen atoms in total. The molecule has 1 unspecified atom stereocenters. The second-order valence-corrected chi connectivity index (χ2v) is 10.1. The summed E-state index contributed by atoms with van der Waals surface area (Å²) < 4.78 is 0. The Bertz CT molecular complexity index is 994. The molecule has 0 bridgehead atoms. The van der Waals surface area contributed by atoms with Crippen molar-refractivity contribution in [1.82, 2.24) is 9.80 Å². The number of piperazine rings is 1. The van der Waals surface area contributed by atoms with E-state index < -0.39 is 0 Å². The second-order valence-electron chi connectivity index (χ2n) is 7.87. The van der Waals surface area contributed by atoms with E-state index in [1.165, 1.54) is 20.9 Å². The monoisotopic (exact) mass is 455 g/mol. The van der Waals surface area contributed by atoms with Gasteiger partial charge in [-0.15, -0.1) is 22.7 Å². The van der Waals surface area contributed by atoms with Crippen molar-refractivity contribution in [3.05, 3.63) is 74.3 Å². The molecule has 0 radical (unpaired) electrons.